The smallest absolute Gasteiger partial charge is 0.196 e. The van der Waals surface area contributed by atoms with Gasteiger partial charge in [0.05, 0.1) is 27.4 Å². The molecular weight excluding hydrogens is 416 g/mol. The second-order valence-corrected chi connectivity index (χ2v) is 8.66. The fourth-order valence-corrected chi connectivity index (χ4v) is 4.43. The lowest BCUT2D eigenvalue weighted by molar-refractivity contribution is 0.0980. The summed E-state index contributed by atoms with van der Waals surface area (Å²) >= 11 is 0. The lowest BCUT2D eigenvalue weighted by Crippen LogP contribution is -2.25. The summed E-state index contributed by atoms with van der Waals surface area (Å²) in [5.41, 5.74) is 7.13. The quantitative estimate of drug-likeness (QED) is 0.361. The number of hydrogen-bond donors (Lipinski definition) is 2. The molecule has 0 spiro atoms. The molecule has 3 aromatic rings. The SMILES string of the molecule is CCCc1ccc(Nc2cc(S(=O)(=O)[O-])c(N)c3c2C(=O)c2ccccc2C3=O)cc1. The molecule has 4 rings (SSSR count). The number of aryl methyl sites for hydroxylation is 1. The van der Waals surface area contributed by atoms with Crippen LogP contribution in [-0.4, -0.2) is 24.5 Å². The van der Waals surface area contributed by atoms with Crippen LogP contribution in [0.5, 0.6) is 0 Å². The van der Waals surface area contributed by atoms with Crippen molar-refractivity contribution in [3.63, 3.8) is 0 Å². The van der Waals surface area contributed by atoms with E-state index in [0.717, 1.165) is 24.5 Å². The average Bonchev–Trinajstić information content (AvgIpc) is 2.73. The molecule has 0 aromatic heterocycles. The van der Waals surface area contributed by atoms with Crippen molar-refractivity contribution in [3.8, 4) is 0 Å². The third-order valence-corrected chi connectivity index (χ3v) is 6.12. The first-order chi connectivity index (χ1) is 14.7. The van der Waals surface area contributed by atoms with Crippen LogP contribution < -0.4 is 11.1 Å². The number of nitrogens with one attached hydrogen (secondary N) is 1. The highest BCUT2D eigenvalue weighted by atomic mass is 32.2. The van der Waals surface area contributed by atoms with Crippen molar-refractivity contribution in [1.29, 1.82) is 0 Å². The van der Waals surface area contributed by atoms with Gasteiger partial charge in [0.1, 0.15) is 10.1 Å². The van der Waals surface area contributed by atoms with E-state index in [0.29, 0.717) is 5.69 Å². The number of carbonyl (C=O) groups is 2. The largest absolute Gasteiger partial charge is 0.744 e. The van der Waals surface area contributed by atoms with Crippen LogP contribution in [0.15, 0.2) is 59.5 Å². The van der Waals surface area contributed by atoms with Crippen molar-refractivity contribution in [2.24, 2.45) is 0 Å². The summed E-state index contributed by atoms with van der Waals surface area (Å²) < 4.78 is 35.5. The summed E-state index contributed by atoms with van der Waals surface area (Å²) in [7, 11) is -4.99. The molecule has 0 heterocycles. The Balaban J connectivity index is 1.93. The Kier molecular flexibility index (Phi) is 5.12. The number of rotatable bonds is 5. The molecular formula is C23H19N2O5S-. The fraction of sp³-hybridized carbons (Fsp3) is 0.130. The summed E-state index contributed by atoms with van der Waals surface area (Å²) in [6, 6.07) is 14.6. The zero-order valence-corrected chi connectivity index (χ0v) is 17.5. The Hall–Kier alpha value is -3.49. The molecule has 0 unspecified atom stereocenters. The van der Waals surface area contributed by atoms with E-state index < -0.39 is 32.3 Å². The maximum Gasteiger partial charge on any atom is 0.196 e. The molecule has 1 aliphatic carbocycles. The van der Waals surface area contributed by atoms with Gasteiger partial charge in [0, 0.05) is 16.8 Å². The molecule has 0 saturated heterocycles. The Labute approximate surface area is 179 Å². The summed E-state index contributed by atoms with van der Waals surface area (Å²) in [5, 5.41) is 2.99. The Morgan fingerprint density at radius 1 is 0.935 bits per heavy atom. The van der Waals surface area contributed by atoms with Gasteiger partial charge in [-0.25, -0.2) is 8.42 Å². The summed E-state index contributed by atoms with van der Waals surface area (Å²) in [4.78, 5) is 25.6. The molecule has 1 aliphatic rings. The number of ketones is 2. The fourth-order valence-electron chi connectivity index (χ4n) is 3.80. The van der Waals surface area contributed by atoms with Gasteiger partial charge in [0.25, 0.3) is 0 Å². The third kappa shape index (κ3) is 3.60. The molecule has 8 heteroatoms. The van der Waals surface area contributed by atoms with Crippen LogP contribution in [0.4, 0.5) is 17.1 Å². The number of hydrogen-bond acceptors (Lipinski definition) is 7. The van der Waals surface area contributed by atoms with Crippen molar-refractivity contribution < 1.29 is 22.6 Å². The maximum absolute atomic E-state index is 13.2. The normalized spacial score (nSPS) is 13.0. The third-order valence-electron chi connectivity index (χ3n) is 5.24. The summed E-state index contributed by atoms with van der Waals surface area (Å²) in [6.45, 7) is 2.07. The highest BCUT2D eigenvalue weighted by Gasteiger charge is 2.35. The van der Waals surface area contributed by atoms with Crippen LogP contribution >= 0.6 is 0 Å². The van der Waals surface area contributed by atoms with Crippen molar-refractivity contribution in [1.82, 2.24) is 0 Å². The minimum absolute atomic E-state index is 0.0368. The molecule has 0 amide bonds. The van der Waals surface area contributed by atoms with Gasteiger partial charge in [0.15, 0.2) is 11.6 Å². The molecule has 31 heavy (non-hydrogen) atoms. The number of anilines is 3. The monoisotopic (exact) mass is 435 g/mol. The van der Waals surface area contributed by atoms with Crippen LogP contribution in [0.3, 0.4) is 0 Å². The molecule has 0 saturated carbocycles. The highest BCUT2D eigenvalue weighted by molar-refractivity contribution is 7.86. The molecule has 3 N–H and O–H groups in total. The van der Waals surface area contributed by atoms with Gasteiger partial charge < -0.3 is 15.6 Å². The molecule has 0 atom stereocenters. The second kappa shape index (κ2) is 7.64. The van der Waals surface area contributed by atoms with Gasteiger partial charge in [0.2, 0.25) is 0 Å². The Morgan fingerprint density at radius 3 is 2.06 bits per heavy atom. The van der Waals surface area contributed by atoms with Gasteiger partial charge in [-0.2, -0.15) is 0 Å². The van der Waals surface area contributed by atoms with E-state index in [4.69, 9.17) is 5.73 Å². The zero-order valence-electron chi connectivity index (χ0n) is 16.6. The first kappa shape index (κ1) is 20.8. The zero-order chi connectivity index (χ0) is 22.3. The molecule has 0 bridgehead atoms. The Bertz CT molecular complexity index is 1330. The van der Waals surface area contributed by atoms with Crippen molar-refractivity contribution in [2.75, 3.05) is 11.1 Å². The van der Waals surface area contributed by atoms with E-state index >= 15 is 0 Å². The van der Waals surface area contributed by atoms with Gasteiger partial charge in [-0.1, -0.05) is 49.7 Å². The lowest BCUT2D eigenvalue weighted by atomic mass is 9.82. The van der Waals surface area contributed by atoms with Crippen LogP contribution in [0, 0.1) is 0 Å². The van der Waals surface area contributed by atoms with Gasteiger partial charge in [-0.15, -0.1) is 0 Å². The van der Waals surface area contributed by atoms with E-state index in [1.807, 2.05) is 12.1 Å². The van der Waals surface area contributed by atoms with E-state index in [1.165, 1.54) is 12.1 Å². The highest BCUT2D eigenvalue weighted by Crippen LogP contribution is 2.40. The van der Waals surface area contributed by atoms with E-state index in [-0.39, 0.29) is 27.9 Å². The number of fused-ring (bicyclic) bond motifs is 2. The first-order valence-electron chi connectivity index (χ1n) is 9.69. The number of nitrogens with two attached hydrogens (primary N) is 1. The summed E-state index contributed by atoms with van der Waals surface area (Å²) in [6.07, 6.45) is 1.89. The summed E-state index contributed by atoms with van der Waals surface area (Å²) in [5.74, 6) is -1.08. The van der Waals surface area contributed by atoms with Crippen LogP contribution in [0.25, 0.3) is 0 Å². The lowest BCUT2D eigenvalue weighted by Gasteiger charge is -2.25. The van der Waals surface area contributed by atoms with Gasteiger partial charge in [-0.3, -0.25) is 9.59 Å². The molecule has 0 radical (unpaired) electrons. The van der Waals surface area contributed by atoms with E-state index in [9.17, 15) is 22.6 Å². The standard InChI is InChI=1S/C23H20N2O5S/c1-2-5-13-8-10-14(11-9-13)25-17-12-18(31(28,29)30)21(24)20-19(17)22(26)15-6-3-4-7-16(15)23(20)27/h3-4,6-12,25H,2,5,24H2,1H3,(H,28,29,30)/p-1. The van der Waals surface area contributed by atoms with Crippen LogP contribution in [0.2, 0.25) is 0 Å². The van der Waals surface area contributed by atoms with E-state index in [1.54, 1.807) is 24.3 Å². The Morgan fingerprint density at radius 2 is 1.52 bits per heavy atom. The van der Waals surface area contributed by atoms with Crippen molar-refractivity contribution in [3.05, 3.63) is 82.4 Å². The predicted molar refractivity (Wildman–Crippen MR) is 116 cm³/mol. The molecule has 0 fully saturated rings. The maximum atomic E-state index is 13.2. The molecule has 0 aliphatic heterocycles. The van der Waals surface area contributed by atoms with Crippen molar-refractivity contribution in [2.45, 2.75) is 24.7 Å². The molecule has 158 valence electrons. The number of carbonyl (C=O) groups excluding carboxylic acids is 2. The van der Waals surface area contributed by atoms with E-state index in [2.05, 4.69) is 12.2 Å². The topological polar surface area (TPSA) is 129 Å². The van der Waals surface area contributed by atoms with Crippen LogP contribution in [-0.2, 0) is 16.5 Å². The van der Waals surface area contributed by atoms with Crippen LogP contribution in [0.1, 0.15) is 50.8 Å². The second-order valence-electron chi connectivity index (χ2n) is 7.32. The van der Waals surface area contributed by atoms with Gasteiger partial charge in [-0.05, 0) is 30.2 Å². The van der Waals surface area contributed by atoms with Gasteiger partial charge >= 0.3 is 0 Å². The van der Waals surface area contributed by atoms with Crippen molar-refractivity contribution >= 4 is 38.7 Å². The molecule has 3 aromatic carbocycles. The number of benzene rings is 3. The molecule has 7 nitrogen and oxygen atoms in total. The minimum Gasteiger partial charge on any atom is -0.744 e. The predicted octanol–water partition coefficient (Wildman–Crippen LogP) is 3.64. The minimum atomic E-state index is -4.99. The average molecular weight is 435 g/mol. The number of nitrogen functional groups attached to an aromatic ring is 1. The first-order valence-corrected chi connectivity index (χ1v) is 11.1.